The number of nitrogens with two attached hydrogens (primary N) is 1. The molecule has 0 saturated carbocycles. The number of ether oxygens (including phenoxy) is 4. The number of carbonyl (C=O) groups is 2. The zero-order chi connectivity index (χ0) is 29.6. The summed E-state index contributed by atoms with van der Waals surface area (Å²) in [6.45, 7) is -0.368. The summed E-state index contributed by atoms with van der Waals surface area (Å²) in [7, 11) is 0. The Morgan fingerprint density at radius 3 is 2.20 bits per heavy atom. The first kappa shape index (κ1) is 31.1. The number of aliphatic hydroxyl groups is 1. The van der Waals surface area contributed by atoms with E-state index >= 15 is 0 Å². The Morgan fingerprint density at radius 2 is 1.59 bits per heavy atom. The van der Waals surface area contributed by atoms with Crippen molar-refractivity contribution in [3.63, 3.8) is 0 Å². The number of hydrogen-bond acceptors (Lipinski definition) is 10. The average molecular weight is 581 g/mol. The largest absolute Gasteiger partial charge is 0.435 e. The molecule has 11 nitrogen and oxygen atoms in total. The normalized spacial score (nSPS) is 15.6. The number of rotatable bonds is 8. The highest BCUT2D eigenvalue weighted by Crippen LogP contribution is 2.32. The molecule has 1 saturated heterocycles. The summed E-state index contributed by atoms with van der Waals surface area (Å²) in [5.74, 6) is -0.584. The predicted molar refractivity (Wildman–Crippen MR) is 152 cm³/mol. The van der Waals surface area contributed by atoms with Gasteiger partial charge < -0.3 is 34.4 Å². The van der Waals surface area contributed by atoms with Crippen molar-refractivity contribution in [3.05, 3.63) is 89.3 Å². The fourth-order valence-electron chi connectivity index (χ4n) is 3.92. The maximum Gasteiger partial charge on any atom is 0.340 e. The van der Waals surface area contributed by atoms with E-state index in [-0.39, 0.29) is 24.4 Å². The van der Waals surface area contributed by atoms with Crippen molar-refractivity contribution < 1.29 is 33.6 Å². The summed E-state index contributed by atoms with van der Waals surface area (Å²) in [6, 6.07) is 19.1. The van der Waals surface area contributed by atoms with E-state index in [0.29, 0.717) is 29.2 Å². The van der Waals surface area contributed by atoms with Gasteiger partial charge in [-0.3, -0.25) is 0 Å². The molecular weight excluding hydrogens is 552 g/mol. The summed E-state index contributed by atoms with van der Waals surface area (Å²) < 4.78 is 22.8. The van der Waals surface area contributed by atoms with Crippen LogP contribution in [0.1, 0.15) is 39.8 Å². The molecule has 2 aromatic heterocycles. The minimum absolute atomic E-state index is 0.100. The van der Waals surface area contributed by atoms with Crippen molar-refractivity contribution >= 4 is 40.4 Å². The average Bonchev–Trinajstić information content (AvgIpc) is 3.65. The molecular formula is C29H29ClN4O7. The molecule has 4 aromatic rings. The highest BCUT2D eigenvalue weighted by atomic mass is 35.5. The van der Waals surface area contributed by atoms with E-state index in [1.54, 1.807) is 54.6 Å². The third kappa shape index (κ3) is 8.76. The number of fused-ring (bicyclic) bond motifs is 1. The molecule has 1 aliphatic heterocycles. The molecule has 1 aliphatic rings. The Balaban J connectivity index is 0.000000299. The summed E-state index contributed by atoms with van der Waals surface area (Å²) >= 11 is 5.92. The van der Waals surface area contributed by atoms with Gasteiger partial charge in [0.1, 0.15) is 17.7 Å². The first-order valence-electron chi connectivity index (χ1n) is 12.4. The zero-order valence-electron chi connectivity index (χ0n) is 22.0. The SMILES string of the molecule is C#C.Nc1nc(Cl)nc2c1ccn2C1CC[C@@H](COCOC(=O)c2ccccc2)O1.O=C(OCO)c1ccccc1. The molecule has 1 fully saturated rings. The third-order valence-corrected chi connectivity index (χ3v) is 5.93. The fourth-order valence-corrected chi connectivity index (χ4v) is 4.09. The van der Waals surface area contributed by atoms with Gasteiger partial charge in [0.2, 0.25) is 5.28 Å². The number of carbonyl (C=O) groups excluding carboxylic acids is 2. The lowest BCUT2D eigenvalue weighted by atomic mass is 10.2. The van der Waals surface area contributed by atoms with Crippen molar-refractivity contribution in [2.45, 2.75) is 25.2 Å². The number of aromatic nitrogens is 3. The van der Waals surface area contributed by atoms with Crippen LogP contribution in [0.2, 0.25) is 5.28 Å². The molecule has 0 radical (unpaired) electrons. The third-order valence-electron chi connectivity index (χ3n) is 5.76. The van der Waals surface area contributed by atoms with Crippen molar-refractivity contribution in [1.29, 1.82) is 0 Å². The van der Waals surface area contributed by atoms with Crippen molar-refractivity contribution in [3.8, 4) is 12.8 Å². The van der Waals surface area contributed by atoms with Crippen LogP contribution in [-0.2, 0) is 18.9 Å². The number of hydrogen-bond donors (Lipinski definition) is 2. The lowest BCUT2D eigenvalue weighted by molar-refractivity contribution is -0.0815. The van der Waals surface area contributed by atoms with E-state index < -0.39 is 18.7 Å². The summed E-state index contributed by atoms with van der Waals surface area (Å²) in [6.07, 6.45) is 11.2. The zero-order valence-corrected chi connectivity index (χ0v) is 22.7. The minimum atomic E-state index is -0.576. The van der Waals surface area contributed by atoms with Crippen LogP contribution in [0.5, 0.6) is 0 Å². The first-order chi connectivity index (χ1) is 20.0. The molecule has 0 aliphatic carbocycles. The molecule has 2 atom stereocenters. The number of nitrogen functional groups attached to an aromatic ring is 1. The smallest absolute Gasteiger partial charge is 0.340 e. The van der Waals surface area contributed by atoms with E-state index in [0.717, 1.165) is 18.2 Å². The summed E-state index contributed by atoms with van der Waals surface area (Å²) in [4.78, 5) is 30.9. The Hall–Kier alpha value is -4.47. The monoisotopic (exact) mass is 580 g/mol. The van der Waals surface area contributed by atoms with Gasteiger partial charge >= 0.3 is 11.9 Å². The number of benzene rings is 2. The first-order valence-corrected chi connectivity index (χ1v) is 12.8. The van der Waals surface area contributed by atoms with Crippen LogP contribution in [0.4, 0.5) is 5.82 Å². The Morgan fingerprint density at radius 1 is 0.976 bits per heavy atom. The van der Waals surface area contributed by atoms with Gasteiger partial charge in [0.25, 0.3) is 0 Å². The van der Waals surface area contributed by atoms with Gasteiger partial charge in [-0.1, -0.05) is 36.4 Å². The number of halogens is 1. The van der Waals surface area contributed by atoms with Gasteiger partial charge in [0.15, 0.2) is 13.6 Å². The summed E-state index contributed by atoms with van der Waals surface area (Å²) in [5, 5.41) is 9.09. The van der Waals surface area contributed by atoms with E-state index in [9.17, 15) is 9.59 Å². The van der Waals surface area contributed by atoms with Crippen molar-refractivity contribution in [1.82, 2.24) is 14.5 Å². The molecule has 41 heavy (non-hydrogen) atoms. The van der Waals surface area contributed by atoms with E-state index in [4.69, 9.17) is 36.7 Å². The van der Waals surface area contributed by atoms with E-state index in [1.807, 2.05) is 22.9 Å². The fraction of sp³-hybridized carbons (Fsp3) is 0.241. The molecule has 214 valence electrons. The Bertz CT molecular complexity index is 1430. The Kier molecular flexibility index (Phi) is 12.1. The topological polar surface area (TPSA) is 148 Å². The molecule has 0 bridgehead atoms. The predicted octanol–water partition coefficient (Wildman–Crippen LogP) is 4.22. The second kappa shape index (κ2) is 16.0. The molecule has 1 unspecified atom stereocenters. The Labute approximate surface area is 241 Å². The van der Waals surface area contributed by atoms with Gasteiger partial charge in [-0.05, 0) is 54.8 Å². The van der Waals surface area contributed by atoms with Crippen LogP contribution in [-0.4, -0.2) is 57.9 Å². The van der Waals surface area contributed by atoms with Crippen LogP contribution in [0.25, 0.3) is 11.0 Å². The molecule has 5 rings (SSSR count). The highest BCUT2D eigenvalue weighted by molar-refractivity contribution is 6.28. The lowest BCUT2D eigenvalue weighted by Gasteiger charge is -2.16. The van der Waals surface area contributed by atoms with Gasteiger partial charge in [-0.25, -0.2) is 14.6 Å². The number of anilines is 1. The number of esters is 2. The maximum absolute atomic E-state index is 11.9. The van der Waals surface area contributed by atoms with Crippen LogP contribution < -0.4 is 5.73 Å². The minimum Gasteiger partial charge on any atom is -0.435 e. The van der Waals surface area contributed by atoms with Gasteiger partial charge in [-0.15, -0.1) is 12.8 Å². The molecule has 12 heteroatoms. The van der Waals surface area contributed by atoms with Gasteiger partial charge in [0, 0.05) is 6.20 Å². The van der Waals surface area contributed by atoms with E-state index in [2.05, 4.69) is 27.6 Å². The maximum atomic E-state index is 11.9. The molecule has 2 aromatic carbocycles. The van der Waals surface area contributed by atoms with Gasteiger partial charge in [0.05, 0.1) is 29.2 Å². The number of terminal acetylenes is 1. The highest BCUT2D eigenvalue weighted by Gasteiger charge is 2.28. The second-order valence-corrected chi connectivity index (χ2v) is 8.68. The quantitative estimate of drug-likeness (QED) is 0.102. The van der Waals surface area contributed by atoms with Crippen molar-refractivity contribution in [2.75, 3.05) is 25.9 Å². The van der Waals surface area contributed by atoms with Gasteiger partial charge in [-0.2, -0.15) is 4.98 Å². The molecule has 3 N–H and O–H groups in total. The molecule has 0 spiro atoms. The van der Waals surface area contributed by atoms with Crippen LogP contribution in [0, 0.1) is 12.8 Å². The standard InChI is InChI=1S/C19H19ClN4O4.C8H8O3.C2H2/c20-19-22-16(21)14-8-9-24(17(14)23-19)15-7-6-13(28-15)10-26-11-27-18(25)12-4-2-1-3-5-12;9-6-11-8(10)7-4-2-1-3-5-7;1-2/h1-5,8-9,13,15H,6-7,10-11H2,(H2,21,22,23);1-5,9H,6H2;1-2H/t13-,15?;;/m0../s1. The summed E-state index contributed by atoms with van der Waals surface area (Å²) in [5.41, 5.74) is 7.47. The number of aliphatic hydroxyl groups excluding tert-OH is 1. The number of nitrogens with zero attached hydrogens (tertiary/aromatic N) is 3. The molecule has 3 heterocycles. The van der Waals surface area contributed by atoms with Crippen LogP contribution in [0.3, 0.4) is 0 Å². The molecule has 0 amide bonds. The van der Waals surface area contributed by atoms with Crippen LogP contribution in [0.15, 0.2) is 72.9 Å². The lowest BCUT2D eigenvalue weighted by Crippen LogP contribution is -2.19. The second-order valence-electron chi connectivity index (χ2n) is 8.34. The van der Waals surface area contributed by atoms with E-state index in [1.165, 1.54) is 0 Å². The van der Waals surface area contributed by atoms with Crippen molar-refractivity contribution in [2.24, 2.45) is 0 Å². The van der Waals surface area contributed by atoms with Crippen LogP contribution >= 0.6 is 11.6 Å².